The summed E-state index contributed by atoms with van der Waals surface area (Å²) < 4.78 is 1.90. The molecule has 0 radical (unpaired) electrons. The van der Waals surface area contributed by atoms with Crippen LogP contribution in [-0.2, 0) is 9.59 Å². The predicted octanol–water partition coefficient (Wildman–Crippen LogP) is 6.24. The van der Waals surface area contributed by atoms with Gasteiger partial charge in [-0.2, -0.15) is 0 Å². The second kappa shape index (κ2) is 9.20. The van der Waals surface area contributed by atoms with Crippen molar-refractivity contribution in [2.75, 3.05) is 4.90 Å². The molecule has 154 valence electrons. The predicted molar refractivity (Wildman–Crippen MR) is 134 cm³/mol. The van der Waals surface area contributed by atoms with Crippen LogP contribution < -0.4 is 4.90 Å². The van der Waals surface area contributed by atoms with Gasteiger partial charge in [-0.1, -0.05) is 64.5 Å². The van der Waals surface area contributed by atoms with E-state index in [0.717, 1.165) is 19.2 Å². The third-order valence-electron chi connectivity index (χ3n) is 4.99. The van der Waals surface area contributed by atoms with E-state index in [1.165, 1.54) is 11.0 Å². The molecule has 0 bridgehead atoms. The van der Waals surface area contributed by atoms with E-state index in [0.29, 0.717) is 5.69 Å². The van der Waals surface area contributed by atoms with Gasteiger partial charge in [0.25, 0.3) is 5.91 Å². The van der Waals surface area contributed by atoms with E-state index in [4.69, 9.17) is 0 Å². The molecule has 1 aliphatic heterocycles. The largest absolute Gasteiger partial charge is 0.503 e. The molecule has 0 aromatic heterocycles. The Morgan fingerprint density at radius 1 is 0.968 bits per heavy atom. The average molecular weight is 586 g/mol. The van der Waals surface area contributed by atoms with Gasteiger partial charge in [0.2, 0.25) is 0 Å². The Balaban J connectivity index is 1.78. The molecule has 1 aliphatic rings. The standard InChI is InChI=1S/C25H17BrINO3/c26-18-9-7-17(8-10-18)23-22(21(29)15-6-16-4-2-1-3-5-16)24(30)25(31)28(23)20-13-11-19(27)12-14-20/h1-15,23,30H. The molecule has 4 nitrogen and oxygen atoms in total. The summed E-state index contributed by atoms with van der Waals surface area (Å²) in [6.45, 7) is 0. The zero-order chi connectivity index (χ0) is 22.0. The highest BCUT2D eigenvalue weighted by Gasteiger charge is 2.43. The van der Waals surface area contributed by atoms with Crippen molar-refractivity contribution in [3.8, 4) is 0 Å². The molecule has 1 unspecified atom stereocenters. The minimum Gasteiger partial charge on any atom is -0.503 e. The summed E-state index contributed by atoms with van der Waals surface area (Å²) in [5.74, 6) is -1.52. The third-order valence-corrected chi connectivity index (χ3v) is 6.24. The summed E-state index contributed by atoms with van der Waals surface area (Å²) in [6, 6.07) is 23.4. The van der Waals surface area contributed by atoms with Gasteiger partial charge < -0.3 is 5.11 Å². The first-order valence-electron chi connectivity index (χ1n) is 9.51. The molecular formula is C25H17BrINO3. The first-order chi connectivity index (χ1) is 15.0. The average Bonchev–Trinajstić information content (AvgIpc) is 3.05. The number of nitrogens with zero attached hydrogens (tertiary/aromatic N) is 1. The van der Waals surface area contributed by atoms with Crippen molar-refractivity contribution in [3.05, 3.63) is 115 Å². The van der Waals surface area contributed by atoms with Crippen molar-refractivity contribution in [1.82, 2.24) is 0 Å². The molecule has 4 rings (SSSR count). The number of allylic oxidation sites excluding steroid dienone is 1. The van der Waals surface area contributed by atoms with Crippen LogP contribution in [0.4, 0.5) is 5.69 Å². The van der Waals surface area contributed by atoms with Crippen LogP contribution in [0.5, 0.6) is 0 Å². The maximum atomic E-state index is 13.2. The zero-order valence-corrected chi connectivity index (χ0v) is 19.9. The van der Waals surface area contributed by atoms with Gasteiger partial charge in [-0.25, -0.2) is 0 Å². The minimum atomic E-state index is -0.728. The summed E-state index contributed by atoms with van der Waals surface area (Å²) in [5, 5.41) is 10.7. The van der Waals surface area contributed by atoms with Crippen molar-refractivity contribution < 1.29 is 14.7 Å². The minimum absolute atomic E-state index is 0.0676. The fourth-order valence-corrected chi connectivity index (χ4v) is 4.14. The first kappa shape index (κ1) is 21.5. The first-order valence-corrected chi connectivity index (χ1v) is 11.4. The lowest BCUT2D eigenvalue weighted by Crippen LogP contribution is -2.30. The summed E-state index contributed by atoms with van der Waals surface area (Å²) in [4.78, 5) is 27.7. The normalized spacial score (nSPS) is 16.4. The lowest BCUT2D eigenvalue weighted by Gasteiger charge is -2.26. The molecule has 6 heteroatoms. The van der Waals surface area contributed by atoms with Crippen molar-refractivity contribution in [1.29, 1.82) is 0 Å². The Kier molecular flexibility index (Phi) is 6.38. The summed E-state index contributed by atoms with van der Waals surface area (Å²) >= 11 is 5.61. The van der Waals surface area contributed by atoms with E-state index in [9.17, 15) is 14.7 Å². The number of aliphatic hydroxyl groups excluding tert-OH is 1. The number of ketones is 1. The summed E-state index contributed by atoms with van der Waals surface area (Å²) in [6.07, 6.45) is 3.08. The van der Waals surface area contributed by atoms with Gasteiger partial charge in [0.15, 0.2) is 11.5 Å². The number of anilines is 1. The van der Waals surface area contributed by atoms with E-state index < -0.39 is 23.5 Å². The molecule has 31 heavy (non-hydrogen) atoms. The van der Waals surface area contributed by atoms with Crippen molar-refractivity contribution >= 4 is 62.0 Å². The molecule has 1 N–H and O–H groups in total. The molecule has 3 aromatic rings. The van der Waals surface area contributed by atoms with Crippen LogP contribution in [-0.4, -0.2) is 16.8 Å². The SMILES string of the molecule is O=C(C=Cc1ccccc1)C1=C(O)C(=O)N(c2ccc(I)cc2)C1c1ccc(Br)cc1. The summed E-state index contributed by atoms with van der Waals surface area (Å²) in [5.41, 5.74) is 2.27. The Hall–Kier alpha value is -2.71. The molecule has 0 saturated carbocycles. The topological polar surface area (TPSA) is 57.6 Å². The van der Waals surface area contributed by atoms with Crippen LogP contribution in [0.2, 0.25) is 0 Å². The van der Waals surface area contributed by atoms with Gasteiger partial charge in [-0.3, -0.25) is 14.5 Å². The van der Waals surface area contributed by atoms with Gasteiger partial charge in [0.1, 0.15) is 0 Å². The highest BCUT2D eigenvalue weighted by Crippen LogP contribution is 2.41. The summed E-state index contributed by atoms with van der Waals surface area (Å²) in [7, 11) is 0. The van der Waals surface area contributed by atoms with Crippen molar-refractivity contribution in [3.63, 3.8) is 0 Å². The molecule has 0 fully saturated rings. The molecule has 1 atom stereocenters. The smallest absolute Gasteiger partial charge is 0.294 e. The maximum absolute atomic E-state index is 13.2. The lowest BCUT2D eigenvalue weighted by atomic mass is 9.95. The Morgan fingerprint density at radius 2 is 1.61 bits per heavy atom. The van der Waals surface area contributed by atoms with Gasteiger partial charge in [0, 0.05) is 13.7 Å². The number of amides is 1. The van der Waals surface area contributed by atoms with E-state index in [2.05, 4.69) is 38.5 Å². The van der Waals surface area contributed by atoms with Crippen LogP contribution in [0, 0.1) is 3.57 Å². The number of hydrogen-bond acceptors (Lipinski definition) is 3. The van der Waals surface area contributed by atoms with E-state index >= 15 is 0 Å². The van der Waals surface area contributed by atoms with E-state index in [-0.39, 0.29) is 5.57 Å². The van der Waals surface area contributed by atoms with E-state index in [1.807, 2.05) is 78.9 Å². The number of benzene rings is 3. The van der Waals surface area contributed by atoms with Crippen LogP contribution in [0.1, 0.15) is 17.2 Å². The monoisotopic (exact) mass is 585 g/mol. The lowest BCUT2D eigenvalue weighted by molar-refractivity contribution is -0.117. The van der Waals surface area contributed by atoms with Crippen LogP contribution in [0.3, 0.4) is 0 Å². The molecule has 1 amide bonds. The second-order valence-corrected chi connectivity index (χ2v) is 9.14. The molecule has 3 aromatic carbocycles. The number of rotatable bonds is 5. The highest BCUT2D eigenvalue weighted by atomic mass is 127. The fourth-order valence-electron chi connectivity index (χ4n) is 3.51. The number of halogens is 2. The van der Waals surface area contributed by atoms with Crippen LogP contribution in [0.25, 0.3) is 6.08 Å². The van der Waals surface area contributed by atoms with Gasteiger partial charge in [0.05, 0.1) is 11.6 Å². The second-order valence-electron chi connectivity index (χ2n) is 6.98. The number of carbonyl (C=O) groups excluding carboxylic acids is 2. The molecule has 1 heterocycles. The van der Waals surface area contributed by atoms with Crippen molar-refractivity contribution in [2.24, 2.45) is 0 Å². The highest BCUT2D eigenvalue weighted by molar-refractivity contribution is 14.1. The maximum Gasteiger partial charge on any atom is 0.294 e. The number of hydrogen-bond donors (Lipinski definition) is 1. The molecule has 0 saturated heterocycles. The van der Waals surface area contributed by atoms with E-state index in [1.54, 1.807) is 6.08 Å². The number of carbonyl (C=O) groups is 2. The van der Waals surface area contributed by atoms with Gasteiger partial charge in [-0.05, 0) is 76.2 Å². The van der Waals surface area contributed by atoms with Crippen LogP contribution >= 0.6 is 38.5 Å². The van der Waals surface area contributed by atoms with Gasteiger partial charge >= 0.3 is 0 Å². The number of aliphatic hydroxyl groups is 1. The fraction of sp³-hybridized carbons (Fsp3) is 0.0400. The van der Waals surface area contributed by atoms with Crippen molar-refractivity contribution in [2.45, 2.75) is 6.04 Å². The Bertz CT molecular complexity index is 1190. The molecular weight excluding hydrogens is 569 g/mol. The third kappa shape index (κ3) is 4.50. The molecule has 0 spiro atoms. The zero-order valence-electron chi connectivity index (χ0n) is 16.2. The van der Waals surface area contributed by atoms with Gasteiger partial charge in [-0.15, -0.1) is 0 Å². The Labute approximate surface area is 202 Å². The Morgan fingerprint density at radius 3 is 2.26 bits per heavy atom. The molecule has 0 aliphatic carbocycles. The quantitative estimate of drug-likeness (QED) is 0.285. The van der Waals surface area contributed by atoms with Crippen LogP contribution in [0.15, 0.2) is 101 Å².